The second kappa shape index (κ2) is 5.27. The lowest BCUT2D eigenvalue weighted by molar-refractivity contribution is -0.488. The SMILES string of the molecule is CCCC/C=[N+](\[O-])C(C)C. The summed E-state index contributed by atoms with van der Waals surface area (Å²) >= 11 is 0. The predicted octanol–water partition coefficient (Wildman–Crippen LogP) is 2.17. The van der Waals surface area contributed by atoms with Crippen molar-refractivity contribution in [2.45, 2.75) is 46.1 Å². The van der Waals surface area contributed by atoms with Gasteiger partial charge in [0.05, 0.1) is 0 Å². The van der Waals surface area contributed by atoms with Gasteiger partial charge in [0.15, 0.2) is 12.3 Å². The van der Waals surface area contributed by atoms with Gasteiger partial charge >= 0.3 is 0 Å². The molecule has 0 spiro atoms. The van der Waals surface area contributed by atoms with Gasteiger partial charge in [-0.15, -0.1) is 0 Å². The molecule has 0 amide bonds. The Labute approximate surface area is 63.1 Å². The van der Waals surface area contributed by atoms with Crippen molar-refractivity contribution in [2.24, 2.45) is 0 Å². The minimum atomic E-state index is 0.0943. The minimum absolute atomic E-state index is 0.0943. The number of rotatable bonds is 4. The van der Waals surface area contributed by atoms with E-state index in [-0.39, 0.29) is 6.04 Å². The van der Waals surface area contributed by atoms with Crippen molar-refractivity contribution in [1.29, 1.82) is 0 Å². The van der Waals surface area contributed by atoms with Crippen molar-refractivity contribution in [1.82, 2.24) is 0 Å². The summed E-state index contributed by atoms with van der Waals surface area (Å²) < 4.78 is 1.02. The van der Waals surface area contributed by atoms with Gasteiger partial charge in [-0.3, -0.25) is 0 Å². The van der Waals surface area contributed by atoms with Crippen LogP contribution in [0, 0.1) is 5.21 Å². The Kier molecular flexibility index (Phi) is 4.99. The third-order valence-electron chi connectivity index (χ3n) is 1.38. The van der Waals surface area contributed by atoms with Crippen LogP contribution >= 0.6 is 0 Å². The highest BCUT2D eigenvalue weighted by Gasteiger charge is 1.97. The number of nitrogens with zero attached hydrogens (tertiary/aromatic N) is 1. The van der Waals surface area contributed by atoms with Gasteiger partial charge in [0, 0.05) is 6.42 Å². The maximum Gasteiger partial charge on any atom is 0.157 e. The zero-order valence-electron chi connectivity index (χ0n) is 7.13. The third kappa shape index (κ3) is 4.36. The van der Waals surface area contributed by atoms with Crippen molar-refractivity contribution < 1.29 is 4.74 Å². The van der Waals surface area contributed by atoms with E-state index in [1.807, 2.05) is 13.8 Å². The minimum Gasteiger partial charge on any atom is -0.624 e. The maximum atomic E-state index is 10.9. The predicted molar refractivity (Wildman–Crippen MR) is 44.4 cm³/mol. The first-order valence-electron chi connectivity index (χ1n) is 3.97. The van der Waals surface area contributed by atoms with Gasteiger partial charge in [-0.2, -0.15) is 0 Å². The second-order valence-corrected chi connectivity index (χ2v) is 2.78. The first kappa shape index (κ1) is 9.47. The Balaban J connectivity index is 3.48. The molecule has 10 heavy (non-hydrogen) atoms. The van der Waals surface area contributed by atoms with Crippen LogP contribution in [0.25, 0.3) is 0 Å². The van der Waals surface area contributed by atoms with E-state index in [0.717, 1.165) is 24.0 Å². The average Bonchev–Trinajstić information content (AvgIpc) is 1.88. The van der Waals surface area contributed by atoms with E-state index >= 15 is 0 Å². The third-order valence-corrected chi connectivity index (χ3v) is 1.38. The lowest BCUT2D eigenvalue weighted by atomic mass is 10.3. The summed E-state index contributed by atoms with van der Waals surface area (Å²) in [7, 11) is 0. The summed E-state index contributed by atoms with van der Waals surface area (Å²) in [5.74, 6) is 0. The first-order chi connectivity index (χ1) is 4.68. The molecular formula is C8H17NO. The van der Waals surface area contributed by atoms with Crippen LogP contribution in [0.5, 0.6) is 0 Å². The molecule has 0 aliphatic heterocycles. The number of hydrogen-bond donors (Lipinski definition) is 0. The fourth-order valence-corrected chi connectivity index (χ4v) is 0.633. The zero-order valence-corrected chi connectivity index (χ0v) is 7.13. The number of hydrogen-bond acceptors (Lipinski definition) is 1. The van der Waals surface area contributed by atoms with Crippen LogP contribution in [0.15, 0.2) is 0 Å². The van der Waals surface area contributed by atoms with Crippen molar-refractivity contribution in [2.75, 3.05) is 0 Å². The summed E-state index contributed by atoms with van der Waals surface area (Å²) in [4.78, 5) is 0. The standard InChI is InChI=1S/C8H17NO/c1-4-5-6-7-9(10)8(2)3/h7-8H,4-6H2,1-3H3/b9-7-. The molecule has 0 atom stereocenters. The van der Waals surface area contributed by atoms with Gasteiger partial charge in [0.1, 0.15) is 0 Å². The van der Waals surface area contributed by atoms with Gasteiger partial charge < -0.3 is 5.21 Å². The lowest BCUT2D eigenvalue weighted by Gasteiger charge is -2.06. The Morgan fingerprint density at radius 1 is 1.50 bits per heavy atom. The topological polar surface area (TPSA) is 26.1 Å². The summed E-state index contributed by atoms with van der Waals surface area (Å²) in [6, 6.07) is 0.0943. The Hall–Kier alpha value is -0.530. The summed E-state index contributed by atoms with van der Waals surface area (Å²) in [6.45, 7) is 5.92. The van der Waals surface area contributed by atoms with Crippen LogP contribution in [-0.2, 0) is 0 Å². The van der Waals surface area contributed by atoms with E-state index in [1.54, 1.807) is 6.21 Å². The van der Waals surface area contributed by atoms with E-state index in [9.17, 15) is 5.21 Å². The lowest BCUT2D eigenvalue weighted by Crippen LogP contribution is -2.14. The van der Waals surface area contributed by atoms with Crippen molar-refractivity contribution >= 4 is 6.21 Å². The highest BCUT2D eigenvalue weighted by molar-refractivity contribution is 5.51. The van der Waals surface area contributed by atoms with Crippen molar-refractivity contribution in [3.63, 3.8) is 0 Å². The molecule has 0 saturated carbocycles. The van der Waals surface area contributed by atoms with Crippen LogP contribution in [0.2, 0.25) is 0 Å². The highest BCUT2D eigenvalue weighted by Crippen LogP contribution is 1.91. The van der Waals surface area contributed by atoms with Crippen LogP contribution < -0.4 is 0 Å². The molecule has 0 aromatic carbocycles. The fourth-order valence-electron chi connectivity index (χ4n) is 0.633. The number of unbranched alkanes of at least 4 members (excludes halogenated alkanes) is 2. The molecule has 0 N–H and O–H groups in total. The second-order valence-electron chi connectivity index (χ2n) is 2.78. The van der Waals surface area contributed by atoms with Crippen molar-refractivity contribution in [3.8, 4) is 0 Å². The van der Waals surface area contributed by atoms with Gasteiger partial charge in [0.25, 0.3) is 0 Å². The Bertz CT molecular complexity index is 108. The van der Waals surface area contributed by atoms with Crippen LogP contribution in [0.4, 0.5) is 0 Å². The van der Waals surface area contributed by atoms with E-state index in [2.05, 4.69) is 6.92 Å². The summed E-state index contributed by atoms with van der Waals surface area (Å²) in [5.41, 5.74) is 0. The van der Waals surface area contributed by atoms with E-state index < -0.39 is 0 Å². The molecule has 0 heterocycles. The number of hydroxylamine groups is 1. The zero-order chi connectivity index (χ0) is 7.98. The molecule has 0 fully saturated rings. The van der Waals surface area contributed by atoms with Crippen LogP contribution in [0.3, 0.4) is 0 Å². The van der Waals surface area contributed by atoms with Crippen LogP contribution in [0.1, 0.15) is 40.0 Å². The van der Waals surface area contributed by atoms with E-state index in [1.165, 1.54) is 0 Å². The highest BCUT2D eigenvalue weighted by atomic mass is 16.5. The fraction of sp³-hybridized carbons (Fsp3) is 0.875. The van der Waals surface area contributed by atoms with Crippen molar-refractivity contribution in [3.05, 3.63) is 5.21 Å². The molecule has 2 heteroatoms. The van der Waals surface area contributed by atoms with Gasteiger partial charge in [0.2, 0.25) is 0 Å². The quantitative estimate of drug-likeness (QED) is 0.195. The molecule has 0 rings (SSSR count). The Morgan fingerprint density at radius 2 is 2.10 bits per heavy atom. The molecule has 0 aromatic heterocycles. The molecule has 0 saturated heterocycles. The molecule has 60 valence electrons. The smallest absolute Gasteiger partial charge is 0.157 e. The largest absolute Gasteiger partial charge is 0.624 e. The Morgan fingerprint density at radius 3 is 2.50 bits per heavy atom. The molecule has 0 bridgehead atoms. The van der Waals surface area contributed by atoms with E-state index in [4.69, 9.17) is 0 Å². The molecule has 0 unspecified atom stereocenters. The van der Waals surface area contributed by atoms with E-state index in [0.29, 0.717) is 0 Å². The molecule has 2 nitrogen and oxygen atoms in total. The van der Waals surface area contributed by atoms with Gasteiger partial charge in [-0.25, -0.2) is 4.74 Å². The molecule has 0 aromatic rings. The monoisotopic (exact) mass is 143 g/mol. The van der Waals surface area contributed by atoms with Gasteiger partial charge in [-0.05, 0) is 20.3 Å². The average molecular weight is 143 g/mol. The summed E-state index contributed by atoms with van der Waals surface area (Å²) in [6.07, 6.45) is 4.92. The van der Waals surface area contributed by atoms with Crippen LogP contribution in [-0.4, -0.2) is 17.0 Å². The molecule has 0 aliphatic carbocycles. The molecule has 0 aliphatic rings. The normalized spacial score (nSPS) is 12.6. The van der Waals surface area contributed by atoms with Gasteiger partial charge in [-0.1, -0.05) is 13.3 Å². The molecular weight excluding hydrogens is 126 g/mol. The maximum absolute atomic E-state index is 10.9. The summed E-state index contributed by atoms with van der Waals surface area (Å²) in [5, 5.41) is 10.9. The first-order valence-corrected chi connectivity index (χ1v) is 3.97. The molecule has 0 radical (unpaired) electrons.